The summed E-state index contributed by atoms with van der Waals surface area (Å²) in [5.74, 6) is 0.356. The van der Waals surface area contributed by atoms with Crippen LogP contribution in [0.3, 0.4) is 0 Å². The minimum Gasteiger partial charge on any atom is -0.488 e. The van der Waals surface area contributed by atoms with Crippen LogP contribution in [0.25, 0.3) is 0 Å². The van der Waals surface area contributed by atoms with Crippen LogP contribution in [-0.4, -0.2) is 24.5 Å². The van der Waals surface area contributed by atoms with Crippen LogP contribution in [0, 0.1) is 0 Å². The van der Waals surface area contributed by atoms with Gasteiger partial charge in [0.2, 0.25) is 0 Å². The fourth-order valence-corrected chi connectivity index (χ4v) is 1.76. The maximum absolute atomic E-state index is 11.0. The minimum atomic E-state index is -0.590. The molecule has 0 heterocycles. The highest BCUT2D eigenvalue weighted by Gasteiger charge is 2.24. The first-order valence-corrected chi connectivity index (χ1v) is 7.18. The van der Waals surface area contributed by atoms with Crippen molar-refractivity contribution in [1.82, 2.24) is 0 Å². The molecule has 0 radical (unpaired) electrons. The molecule has 0 aliphatic rings. The molecule has 0 amide bonds. The predicted octanol–water partition coefficient (Wildman–Crippen LogP) is 3.72. The van der Waals surface area contributed by atoms with Crippen molar-refractivity contribution in [2.75, 3.05) is 6.61 Å². The molecule has 2 unspecified atom stereocenters. The highest BCUT2D eigenvalue weighted by molar-refractivity contribution is 5.81. The molecule has 1 rings (SSSR count). The van der Waals surface area contributed by atoms with Crippen LogP contribution in [0.15, 0.2) is 43.0 Å². The summed E-state index contributed by atoms with van der Waals surface area (Å²) < 4.78 is 16.5. The highest BCUT2D eigenvalue weighted by atomic mass is 16.7. The quantitative estimate of drug-likeness (QED) is 0.395. The van der Waals surface area contributed by atoms with E-state index in [1.165, 1.54) is 0 Å². The van der Waals surface area contributed by atoms with Crippen LogP contribution >= 0.6 is 0 Å². The van der Waals surface area contributed by atoms with E-state index in [9.17, 15) is 4.79 Å². The molecule has 4 heteroatoms. The van der Waals surface area contributed by atoms with Gasteiger partial charge in [-0.1, -0.05) is 31.7 Å². The van der Waals surface area contributed by atoms with Crippen molar-refractivity contribution in [3.8, 4) is 5.75 Å². The molecule has 0 aromatic heterocycles. The first-order valence-electron chi connectivity index (χ1n) is 7.18. The molecule has 0 saturated carbocycles. The first kappa shape index (κ1) is 17.2. The standard InChI is InChI=1S/C17H24O4/c1-5-16(18)20-14(3)19-13-12-17(4,6-2)21-15-10-8-7-9-11-15/h5,7-11,14H,1,6,12-13H2,2-4H3. The molecule has 2 atom stereocenters. The lowest BCUT2D eigenvalue weighted by Crippen LogP contribution is -2.33. The zero-order chi connectivity index (χ0) is 15.7. The largest absolute Gasteiger partial charge is 0.488 e. The number of hydrogen-bond acceptors (Lipinski definition) is 4. The van der Waals surface area contributed by atoms with Crippen molar-refractivity contribution in [2.45, 2.75) is 45.5 Å². The fourth-order valence-electron chi connectivity index (χ4n) is 1.76. The van der Waals surface area contributed by atoms with E-state index in [1.54, 1.807) is 6.92 Å². The second kappa shape index (κ2) is 8.47. The number of carbonyl (C=O) groups excluding carboxylic acids is 1. The second-order valence-electron chi connectivity index (χ2n) is 5.05. The SMILES string of the molecule is C=CC(=O)OC(C)OCCC(C)(CC)Oc1ccccc1. The van der Waals surface area contributed by atoms with Crippen molar-refractivity contribution in [3.05, 3.63) is 43.0 Å². The maximum Gasteiger partial charge on any atom is 0.332 e. The zero-order valence-electron chi connectivity index (χ0n) is 13.0. The molecule has 4 nitrogen and oxygen atoms in total. The zero-order valence-corrected chi connectivity index (χ0v) is 13.0. The molecule has 0 saturated heterocycles. The molecule has 0 N–H and O–H groups in total. The molecule has 0 fully saturated rings. The number of carbonyl (C=O) groups is 1. The molecular formula is C17H24O4. The van der Waals surface area contributed by atoms with Gasteiger partial charge >= 0.3 is 5.97 Å². The van der Waals surface area contributed by atoms with E-state index in [2.05, 4.69) is 13.5 Å². The molecule has 0 aliphatic heterocycles. The second-order valence-corrected chi connectivity index (χ2v) is 5.05. The van der Waals surface area contributed by atoms with E-state index in [0.29, 0.717) is 13.0 Å². The molecule has 116 valence electrons. The Balaban J connectivity index is 2.42. The normalized spacial score (nSPS) is 14.8. The van der Waals surface area contributed by atoms with Gasteiger partial charge in [0.05, 0.1) is 6.61 Å². The number of para-hydroxylation sites is 1. The van der Waals surface area contributed by atoms with Gasteiger partial charge in [-0.15, -0.1) is 0 Å². The van der Waals surface area contributed by atoms with Gasteiger partial charge in [-0.3, -0.25) is 0 Å². The molecule has 1 aromatic carbocycles. The monoisotopic (exact) mass is 292 g/mol. The van der Waals surface area contributed by atoms with Gasteiger partial charge in [-0.25, -0.2) is 4.79 Å². The van der Waals surface area contributed by atoms with Gasteiger partial charge in [0.15, 0.2) is 6.29 Å². The third kappa shape index (κ3) is 6.45. The lowest BCUT2D eigenvalue weighted by atomic mass is 9.99. The fraction of sp³-hybridized carbons (Fsp3) is 0.471. The van der Waals surface area contributed by atoms with Crippen LogP contribution < -0.4 is 4.74 Å². The van der Waals surface area contributed by atoms with E-state index in [1.807, 2.05) is 37.3 Å². The van der Waals surface area contributed by atoms with Crippen LogP contribution in [0.5, 0.6) is 5.75 Å². The topological polar surface area (TPSA) is 44.8 Å². The molecule has 0 bridgehead atoms. The Bertz CT molecular complexity index is 443. The van der Waals surface area contributed by atoms with Crippen molar-refractivity contribution < 1.29 is 19.0 Å². The minimum absolute atomic E-state index is 0.316. The lowest BCUT2D eigenvalue weighted by Gasteiger charge is -2.30. The summed E-state index contributed by atoms with van der Waals surface area (Å²) in [5.41, 5.74) is -0.316. The third-order valence-electron chi connectivity index (χ3n) is 3.29. The first-order chi connectivity index (χ1) is 9.99. The predicted molar refractivity (Wildman–Crippen MR) is 82.1 cm³/mol. The summed E-state index contributed by atoms with van der Waals surface area (Å²) in [6, 6.07) is 9.71. The Kier molecular flexibility index (Phi) is 6.96. The van der Waals surface area contributed by atoms with E-state index in [4.69, 9.17) is 14.2 Å². The number of rotatable bonds is 9. The molecule has 0 aliphatic carbocycles. The van der Waals surface area contributed by atoms with Gasteiger partial charge < -0.3 is 14.2 Å². The Morgan fingerprint density at radius 1 is 1.38 bits per heavy atom. The van der Waals surface area contributed by atoms with Crippen molar-refractivity contribution in [2.24, 2.45) is 0 Å². The lowest BCUT2D eigenvalue weighted by molar-refractivity contribution is -0.170. The van der Waals surface area contributed by atoms with Gasteiger partial charge in [0, 0.05) is 12.5 Å². The number of ether oxygens (including phenoxy) is 3. The van der Waals surface area contributed by atoms with Crippen molar-refractivity contribution >= 4 is 5.97 Å². The van der Waals surface area contributed by atoms with Gasteiger partial charge in [0.1, 0.15) is 11.4 Å². The molecule has 21 heavy (non-hydrogen) atoms. The summed E-state index contributed by atoms with van der Waals surface area (Å²) in [6.07, 6.45) is 2.09. The Morgan fingerprint density at radius 3 is 2.62 bits per heavy atom. The van der Waals surface area contributed by atoms with Crippen LogP contribution in [0.1, 0.15) is 33.6 Å². The summed E-state index contributed by atoms with van der Waals surface area (Å²) in [4.78, 5) is 11.0. The molecule has 0 spiro atoms. The van der Waals surface area contributed by atoms with Crippen molar-refractivity contribution in [1.29, 1.82) is 0 Å². The summed E-state index contributed by atoms with van der Waals surface area (Å²) in [7, 11) is 0. The van der Waals surface area contributed by atoms with E-state index in [-0.39, 0.29) is 5.60 Å². The number of hydrogen-bond donors (Lipinski definition) is 0. The van der Waals surface area contributed by atoms with E-state index in [0.717, 1.165) is 18.2 Å². The maximum atomic E-state index is 11.0. The van der Waals surface area contributed by atoms with Crippen LogP contribution in [-0.2, 0) is 14.3 Å². The smallest absolute Gasteiger partial charge is 0.332 e. The number of benzene rings is 1. The Morgan fingerprint density at radius 2 is 2.05 bits per heavy atom. The van der Waals surface area contributed by atoms with Gasteiger partial charge in [-0.05, 0) is 32.4 Å². The molecular weight excluding hydrogens is 268 g/mol. The van der Waals surface area contributed by atoms with E-state index >= 15 is 0 Å². The summed E-state index contributed by atoms with van der Waals surface area (Å²) in [6.45, 7) is 9.59. The average molecular weight is 292 g/mol. The summed E-state index contributed by atoms with van der Waals surface area (Å²) in [5, 5.41) is 0. The number of esters is 1. The van der Waals surface area contributed by atoms with Crippen LogP contribution in [0.4, 0.5) is 0 Å². The Labute approximate surface area is 126 Å². The highest BCUT2D eigenvalue weighted by Crippen LogP contribution is 2.24. The Hall–Kier alpha value is -1.81. The molecule has 1 aromatic rings. The average Bonchev–Trinajstić information content (AvgIpc) is 2.48. The van der Waals surface area contributed by atoms with Crippen molar-refractivity contribution in [3.63, 3.8) is 0 Å². The van der Waals surface area contributed by atoms with Gasteiger partial charge in [-0.2, -0.15) is 0 Å². The van der Waals surface area contributed by atoms with Crippen LogP contribution in [0.2, 0.25) is 0 Å². The van der Waals surface area contributed by atoms with E-state index < -0.39 is 12.3 Å². The summed E-state index contributed by atoms with van der Waals surface area (Å²) >= 11 is 0. The van der Waals surface area contributed by atoms with Gasteiger partial charge in [0.25, 0.3) is 0 Å². The third-order valence-corrected chi connectivity index (χ3v) is 3.29.